The molecule has 0 amide bonds. The molecular formula is C11H12N2O3. The Balaban J connectivity index is 2.11. The number of hydrogen-bond donors (Lipinski definition) is 1. The van der Waals surface area contributed by atoms with Crippen LogP contribution in [-0.4, -0.2) is 31.3 Å². The Morgan fingerprint density at radius 1 is 1.25 bits per heavy atom. The zero-order chi connectivity index (χ0) is 11.0. The number of para-hydroxylation sites is 1. The van der Waals surface area contributed by atoms with Crippen LogP contribution in [0.1, 0.15) is 0 Å². The summed E-state index contributed by atoms with van der Waals surface area (Å²) >= 11 is 0. The fourth-order valence-electron chi connectivity index (χ4n) is 2.01. The van der Waals surface area contributed by atoms with Gasteiger partial charge in [0.25, 0.3) is 0 Å². The number of anilines is 1. The van der Waals surface area contributed by atoms with Gasteiger partial charge in [-0.25, -0.2) is 4.79 Å². The number of morpholine rings is 1. The highest BCUT2D eigenvalue weighted by atomic mass is 16.5. The van der Waals surface area contributed by atoms with E-state index in [4.69, 9.17) is 9.15 Å². The molecule has 1 aromatic heterocycles. The minimum Gasteiger partial charge on any atom is -0.406 e. The van der Waals surface area contributed by atoms with Crippen molar-refractivity contribution in [3.05, 3.63) is 28.7 Å². The predicted molar refractivity (Wildman–Crippen MR) is 59.9 cm³/mol. The first-order valence-corrected chi connectivity index (χ1v) is 5.29. The Morgan fingerprint density at radius 2 is 2.06 bits per heavy atom. The van der Waals surface area contributed by atoms with E-state index in [0.717, 1.165) is 24.3 Å². The van der Waals surface area contributed by atoms with Gasteiger partial charge in [0.1, 0.15) is 0 Å². The second-order valence-corrected chi connectivity index (χ2v) is 3.77. The zero-order valence-corrected chi connectivity index (χ0v) is 8.73. The van der Waals surface area contributed by atoms with Gasteiger partial charge in [-0.1, -0.05) is 6.07 Å². The lowest BCUT2D eigenvalue weighted by molar-refractivity contribution is 0.122. The fraction of sp³-hybridized carbons (Fsp3) is 0.364. The van der Waals surface area contributed by atoms with Crippen molar-refractivity contribution in [2.24, 2.45) is 0 Å². The molecule has 5 nitrogen and oxygen atoms in total. The number of nitrogens with one attached hydrogen (secondary N) is 1. The highest BCUT2D eigenvalue weighted by Crippen LogP contribution is 2.25. The zero-order valence-electron chi connectivity index (χ0n) is 8.73. The Bertz CT molecular complexity index is 552. The van der Waals surface area contributed by atoms with E-state index in [1.807, 2.05) is 18.2 Å². The number of benzene rings is 1. The summed E-state index contributed by atoms with van der Waals surface area (Å²) in [6.07, 6.45) is 0. The number of nitrogens with zero attached hydrogens (tertiary/aromatic N) is 1. The standard InChI is InChI=1S/C11H12N2O3/c14-11-12-8-2-1-3-9(10(8)16-11)13-4-6-15-7-5-13/h1-3H,4-7H2,(H,12,14). The Morgan fingerprint density at radius 3 is 2.88 bits per heavy atom. The molecule has 2 aromatic rings. The molecule has 2 heterocycles. The molecule has 0 aliphatic carbocycles. The SMILES string of the molecule is O=c1[nH]c2cccc(N3CCOCC3)c2o1. The van der Waals surface area contributed by atoms with Crippen LogP contribution in [0.4, 0.5) is 5.69 Å². The van der Waals surface area contributed by atoms with E-state index >= 15 is 0 Å². The molecule has 1 N–H and O–H groups in total. The van der Waals surface area contributed by atoms with Crippen molar-refractivity contribution >= 4 is 16.8 Å². The van der Waals surface area contributed by atoms with Gasteiger partial charge in [-0.05, 0) is 12.1 Å². The van der Waals surface area contributed by atoms with Gasteiger partial charge in [0.15, 0.2) is 5.58 Å². The summed E-state index contributed by atoms with van der Waals surface area (Å²) in [6, 6.07) is 5.72. The maximum absolute atomic E-state index is 11.2. The largest absolute Gasteiger partial charge is 0.417 e. The molecule has 1 saturated heterocycles. The average Bonchev–Trinajstić information content (AvgIpc) is 2.70. The third-order valence-electron chi connectivity index (χ3n) is 2.78. The fourth-order valence-corrected chi connectivity index (χ4v) is 2.01. The summed E-state index contributed by atoms with van der Waals surface area (Å²) in [6.45, 7) is 3.08. The quantitative estimate of drug-likeness (QED) is 0.777. The summed E-state index contributed by atoms with van der Waals surface area (Å²) in [5, 5.41) is 0. The van der Waals surface area contributed by atoms with E-state index in [9.17, 15) is 4.79 Å². The van der Waals surface area contributed by atoms with Crippen molar-refractivity contribution in [2.45, 2.75) is 0 Å². The minimum atomic E-state index is -0.407. The number of aromatic nitrogens is 1. The molecule has 1 fully saturated rings. The molecule has 1 aliphatic rings. The molecule has 0 saturated carbocycles. The second kappa shape index (κ2) is 3.68. The van der Waals surface area contributed by atoms with E-state index in [2.05, 4.69) is 9.88 Å². The number of oxazole rings is 1. The Kier molecular flexibility index (Phi) is 2.18. The van der Waals surface area contributed by atoms with Crippen molar-refractivity contribution in [3.63, 3.8) is 0 Å². The van der Waals surface area contributed by atoms with Crippen LogP contribution >= 0.6 is 0 Å². The Hall–Kier alpha value is -1.75. The van der Waals surface area contributed by atoms with Crippen molar-refractivity contribution in [1.82, 2.24) is 4.98 Å². The number of rotatable bonds is 1. The third-order valence-corrected chi connectivity index (χ3v) is 2.78. The van der Waals surface area contributed by atoms with E-state index in [1.54, 1.807) is 0 Å². The highest BCUT2D eigenvalue weighted by Gasteiger charge is 2.16. The first-order chi connectivity index (χ1) is 7.84. The van der Waals surface area contributed by atoms with Crippen molar-refractivity contribution < 1.29 is 9.15 Å². The van der Waals surface area contributed by atoms with Crippen LogP contribution in [-0.2, 0) is 4.74 Å². The molecule has 0 spiro atoms. The first-order valence-electron chi connectivity index (χ1n) is 5.29. The molecule has 0 unspecified atom stereocenters. The Labute approximate surface area is 91.6 Å². The predicted octanol–water partition coefficient (Wildman–Crippen LogP) is 0.958. The monoisotopic (exact) mass is 220 g/mol. The van der Waals surface area contributed by atoms with Crippen LogP contribution in [0.25, 0.3) is 11.1 Å². The lowest BCUT2D eigenvalue weighted by Gasteiger charge is -2.28. The molecule has 1 aliphatic heterocycles. The smallest absolute Gasteiger partial charge is 0.406 e. The maximum Gasteiger partial charge on any atom is 0.417 e. The van der Waals surface area contributed by atoms with Crippen LogP contribution in [0, 0.1) is 0 Å². The van der Waals surface area contributed by atoms with E-state index < -0.39 is 5.76 Å². The van der Waals surface area contributed by atoms with Crippen LogP contribution in [0.15, 0.2) is 27.4 Å². The van der Waals surface area contributed by atoms with Crippen molar-refractivity contribution in [3.8, 4) is 0 Å². The van der Waals surface area contributed by atoms with Gasteiger partial charge < -0.3 is 14.1 Å². The lowest BCUT2D eigenvalue weighted by atomic mass is 10.2. The number of H-pyrrole nitrogens is 1. The summed E-state index contributed by atoms with van der Waals surface area (Å²) in [7, 11) is 0. The number of hydrogen-bond acceptors (Lipinski definition) is 4. The summed E-state index contributed by atoms with van der Waals surface area (Å²) < 4.78 is 10.5. The van der Waals surface area contributed by atoms with Gasteiger partial charge >= 0.3 is 5.76 Å². The molecule has 5 heteroatoms. The summed E-state index contributed by atoms with van der Waals surface area (Å²) in [5.41, 5.74) is 2.34. The first kappa shape index (κ1) is 9.47. The molecule has 84 valence electrons. The summed E-state index contributed by atoms with van der Waals surface area (Å²) in [4.78, 5) is 16.0. The van der Waals surface area contributed by atoms with E-state index in [0.29, 0.717) is 18.8 Å². The molecule has 16 heavy (non-hydrogen) atoms. The number of fused-ring (bicyclic) bond motifs is 1. The highest BCUT2D eigenvalue weighted by molar-refractivity contribution is 5.86. The van der Waals surface area contributed by atoms with E-state index in [1.165, 1.54) is 0 Å². The van der Waals surface area contributed by atoms with Gasteiger partial charge in [0, 0.05) is 13.1 Å². The topological polar surface area (TPSA) is 58.5 Å². The van der Waals surface area contributed by atoms with Gasteiger partial charge in [0.05, 0.1) is 24.4 Å². The number of aromatic amines is 1. The van der Waals surface area contributed by atoms with Crippen molar-refractivity contribution in [1.29, 1.82) is 0 Å². The van der Waals surface area contributed by atoms with Gasteiger partial charge in [-0.3, -0.25) is 4.98 Å². The number of ether oxygens (including phenoxy) is 1. The van der Waals surface area contributed by atoms with Crippen molar-refractivity contribution in [2.75, 3.05) is 31.2 Å². The third kappa shape index (κ3) is 1.49. The maximum atomic E-state index is 11.2. The summed E-state index contributed by atoms with van der Waals surface area (Å²) in [5.74, 6) is -0.407. The van der Waals surface area contributed by atoms with Crippen LogP contribution in [0.3, 0.4) is 0 Å². The molecule has 3 rings (SSSR count). The lowest BCUT2D eigenvalue weighted by Crippen LogP contribution is -2.36. The van der Waals surface area contributed by atoms with Crippen LogP contribution in [0.5, 0.6) is 0 Å². The molecular weight excluding hydrogens is 208 g/mol. The molecule has 0 radical (unpaired) electrons. The minimum absolute atomic E-state index is 0.407. The van der Waals surface area contributed by atoms with Crippen LogP contribution < -0.4 is 10.7 Å². The van der Waals surface area contributed by atoms with E-state index in [-0.39, 0.29) is 0 Å². The van der Waals surface area contributed by atoms with Gasteiger partial charge in [-0.2, -0.15) is 0 Å². The van der Waals surface area contributed by atoms with Gasteiger partial charge in [0.2, 0.25) is 0 Å². The molecule has 1 aromatic carbocycles. The second-order valence-electron chi connectivity index (χ2n) is 3.77. The van der Waals surface area contributed by atoms with Crippen LogP contribution in [0.2, 0.25) is 0 Å². The average molecular weight is 220 g/mol. The molecule has 0 bridgehead atoms. The van der Waals surface area contributed by atoms with Gasteiger partial charge in [-0.15, -0.1) is 0 Å². The molecule has 0 atom stereocenters. The normalized spacial score (nSPS) is 16.9.